The molecule has 0 unspecified atom stereocenters. The van der Waals surface area contributed by atoms with Crippen LogP contribution in [-0.2, 0) is 6.42 Å². The van der Waals surface area contributed by atoms with Gasteiger partial charge in [-0.15, -0.1) is 0 Å². The summed E-state index contributed by atoms with van der Waals surface area (Å²) < 4.78 is 0. The molecule has 70 valence electrons. The molecule has 0 atom stereocenters. The molecular formula is C9H10ClNO2. The van der Waals surface area contributed by atoms with Crippen LogP contribution in [-0.4, -0.2) is 17.6 Å². The van der Waals surface area contributed by atoms with E-state index in [9.17, 15) is 4.79 Å². The van der Waals surface area contributed by atoms with E-state index in [1.165, 1.54) is 12.1 Å². The minimum atomic E-state index is -0.971. The van der Waals surface area contributed by atoms with Crippen molar-refractivity contribution < 1.29 is 9.90 Å². The lowest BCUT2D eigenvalue weighted by molar-refractivity contribution is 0.0697. The van der Waals surface area contributed by atoms with E-state index in [2.05, 4.69) is 0 Å². The van der Waals surface area contributed by atoms with Gasteiger partial charge in [0.2, 0.25) is 0 Å². The number of aromatic carboxylic acids is 1. The van der Waals surface area contributed by atoms with Crippen molar-refractivity contribution in [3.8, 4) is 0 Å². The van der Waals surface area contributed by atoms with Gasteiger partial charge in [-0.05, 0) is 30.7 Å². The van der Waals surface area contributed by atoms with E-state index in [0.717, 1.165) is 5.56 Å². The molecule has 0 aromatic heterocycles. The molecule has 0 radical (unpaired) electrons. The van der Waals surface area contributed by atoms with E-state index >= 15 is 0 Å². The molecule has 13 heavy (non-hydrogen) atoms. The highest BCUT2D eigenvalue weighted by Gasteiger charge is 2.05. The number of carboxylic acids is 1. The average molecular weight is 200 g/mol. The first-order chi connectivity index (χ1) is 6.15. The Kier molecular flexibility index (Phi) is 3.28. The Morgan fingerprint density at radius 2 is 2.23 bits per heavy atom. The Bertz CT molecular complexity index is 325. The largest absolute Gasteiger partial charge is 0.478 e. The first-order valence-electron chi connectivity index (χ1n) is 3.87. The van der Waals surface area contributed by atoms with Gasteiger partial charge in [0.05, 0.1) is 5.56 Å². The molecule has 1 aromatic rings. The van der Waals surface area contributed by atoms with Crippen molar-refractivity contribution in [2.24, 2.45) is 5.73 Å². The summed E-state index contributed by atoms with van der Waals surface area (Å²) in [5.74, 6) is -0.971. The third-order valence-corrected chi connectivity index (χ3v) is 2.07. The zero-order chi connectivity index (χ0) is 9.84. The second kappa shape index (κ2) is 4.25. The first-order valence-corrected chi connectivity index (χ1v) is 4.24. The van der Waals surface area contributed by atoms with Crippen LogP contribution in [0.1, 0.15) is 15.9 Å². The smallest absolute Gasteiger partial charge is 0.335 e. The molecular weight excluding hydrogens is 190 g/mol. The molecule has 4 heteroatoms. The fourth-order valence-corrected chi connectivity index (χ4v) is 1.31. The quantitative estimate of drug-likeness (QED) is 0.776. The molecule has 0 bridgehead atoms. The van der Waals surface area contributed by atoms with Crippen LogP contribution >= 0.6 is 11.6 Å². The van der Waals surface area contributed by atoms with Gasteiger partial charge < -0.3 is 10.8 Å². The Hall–Kier alpha value is -1.06. The van der Waals surface area contributed by atoms with Crippen LogP contribution in [0.25, 0.3) is 0 Å². The van der Waals surface area contributed by atoms with Gasteiger partial charge in [-0.3, -0.25) is 0 Å². The van der Waals surface area contributed by atoms with Crippen LogP contribution in [0.15, 0.2) is 18.2 Å². The summed E-state index contributed by atoms with van der Waals surface area (Å²) in [6.45, 7) is 0.506. The van der Waals surface area contributed by atoms with E-state index in [-0.39, 0.29) is 5.56 Å². The molecule has 0 spiro atoms. The highest BCUT2D eigenvalue weighted by Crippen LogP contribution is 2.18. The van der Waals surface area contributed by atoms with E-state index < -0.39 is 5.97 Å². The van der Waals surface area contributed by atoms with Gasteiger partial charge in [-0.2, -0.15) is 0 Å². The van der Waals surface area contributed by atoms with E-state index in [4.69, 9.17) is 22.4 Å². The summed E-state index contributed by atoms with van der Waals surface area (Å²) in [5, 5.41) is 9.11. The molecule has 0 aliphatic rings. The highest BCUT2D eigenvalue weighted by molar-refractivity contribution is 6.31. The van der Waals surface area contributed by atoms with Gasteiger partial charge in [0.1, 0.15) is 0 Å². The standard InChI is InChI=1S/C9H10ClNO2/c10-8-5-7(9(12)13)2-1-6(8)3-4-11/h1-2,5H,3-4,11H2,(H,12,13). The van der Waals surface area contributed by atoms with Gasteiger partial charge in [0, 0.05) is 5.02 Å². The lowest BCUT2D eigenvalue weighted by atomic mass is 10.1. The summed E-state index contributed by atoms with van der Waals surface area (Å²) in [7, 11) is 0. The molecule has 0 aliphatic heterocycles. The topological polar surface area (TPSA) is 63.3 Å². The van der Waals surface area contributed by atoms with Gasteiger partial charge >= 0.3 is 5.97 Å². The number of hydrogen-bond acceptors (Lipinski definition) is 2. The van der Waals surface area contributed by atoms with Crippen molar-refractivity contribution >= 4 is 17.6 Å². The Morgan fingerprint density at radius 3 is 2.69 bits per heavy atom. The Morgan fingerprint density at radius 1 is 1.54 bits per heavy atom. The maximum Gasteiger partial charge on any atom is 0.335 e. The third-order valence-electron chi connectivity index (χ3n) is 1.71. The van der Waals surface area contributed by atoms with Crippen molar-refractivity contribution in [2.75, 3.05) is 6.54 Å². The second-order valence-corrected chi connectivity index (χ2v) is 3.06. The van der Waals surface area contributed by atoms with E-state index in [0.29, 0.717) is 18.0 Å². The normalized spacial score (nSPS) is 10.0. The van der Waals surface area contributed by atoms with Crippen LogP contribution in [0, 0.1) is 0 Å². The molecule has 0 saturated carbocycles. The van der Waals surface area contributed by atoms with Crippen molar-refractivity contribution in [2.45, 2.75) is 6.42 Å². The lowest BCUT2D eigenvalue weighted by Crippen LogP contribution is -2.04. The SMILES string of the molecule is NCCc1ccc(C(=O)O)cc1Cl. The zero-order valence-electron chi connectivity index (χ0n) is 6.96. The summed E-state index contributed by atoms with van der Waals surface area (Å²) in [4.78, 5) is 10.5. The first kappa shape index (κ1) is 10.0. The number of benzene rings is 1. The van der Waals surface area contributed by atoms with Crippen molar-refractivity contribution in [3.63, 3.8) is 0 Å². The molecule has 0 amide bonds. The minimum absolute atomic E-state index is 0.200. The van der Waals surface area contributed by atoms with Crippen LogP contribution in [0.3, 0.4) is 0 Å². The number of nitrogens with two attached hydrogens (primary N) is 1. The molecule has 0 aliphatic carbocycles. The summed E-state index contributed by atoms with van der Waals surface area (Å²) in [6.07, 6.45) is 0.665. The van der Waals surface area contributed by atoms with Crippen LogP contribution in [0.2, 0.25) is 5.02 Å². The van der Waals surface area contributed by atoms with Crippen LogP contribution in [0.4, 0.5) is 0 Å². The molecule has 0 fully saturated rings. The predicted molar refractivity (Wildman–Crippen MR) is 51.2 cm³/mol. The summed E-state index contributed by atoms with van der Waals surface area (Å²) in [5.41, 5.74) is 6.44. The van der Waals surface area contributed by atoms with Gasteiger partial charge in [-0.25, -0.2) is 4.79 Å². The Balaban J connectivity index is 2.98. The maximum atomic E-state index is 10.5. The molecule has 3 N–H and O–H groups in total. The number of hydrogen-bond donors (Lipinski definition) is 2. The van der Waals surface area contributed by atoms with E-state index in [1.807, 2.05) is 0 Å². The van der Waals surface area contributed by atoms with Crippen molar-refractivity contribution in [3.05, 3.63) is 34.3 Å². The molecule has 1 aromatic carbocycles. The summed E-state index contributed by atoms with van der Waals surface area (Å²) >= 11 is 5.83. The van der Waals surface area contributed by atoms with Gasteiger partial charge in [-0.1, -0.05) is 17.7 Å². The number of halogens is 1. The third kappa shape index (κ3) is 2.44. The lowest BCUT2D eigenvalue weighted by Gasteiger charge is -2.02. The number of carboxylic acid groups (broad SMARTS) is 1. The van der Waals surface area contributed by atoms with Crippen LogP contribution < -0.4 is 5.73 Å². The number of carbonyl (C=O) groups is 1. The average Bonchev–Trinajstić information content (AvgIpc) is 2.08. The summed E-state index contributed by atoms with van der Waals surface area (Å²) in [6, 6.07) is 4.66. The predicted octanol–water partition coefficient (Wildman–Crippen LogP) is 1.54. The fraction of sp³-hybridized carbons (Fsp3) is 0.222. The van der Waals surface area contributed by atoms with E-state index in [1.54, 1.807) is 6.07 Å². The molecule has 0 heterocycles. The molecule has 0 saturated heterocycles. The molecule has 3 nitrogen and oxygen atoms in total. The maximum absolute atomic E-state index is 10.5. The van der Waals surface area contributed by atoms with Crippen LogP contribution in [0.5, 0.6) is 0 Å². The highest BCUT2D eigenvalue weighted by atomic mass is 35.5. The van der Waals surface area contributed by atoms with Crippen molar-refractivity contribution in [1.82, 2.24) is 0 Å². The van der Waals surface area contributed by atoms with Gasteiger partial charge in [0.15, 0.2) is 0 Å². The Labute approximate surface area is 81.1 Å². The van der Waals surface area contributed by atoms with Crippen molar-refractivity contribution in [1.29, 1.82) is 0 Å². The monoisotopic (exact) mass is 199 g/mol. The minimum Gasteiger partial charge on any atom is -0.478 e. The number of rotatable bonds is 3. The fourth-order valence-electron chi connectivity index (χ4n) is 1.04. The zero-order valence-corrected chi connectivity index (χ0v) is 7.71. The van der Waals surface area contributed by atoms with Gasteiger partial charge in [0.25, 0.3) is 0 Å². The molecule has 1 rings (SSSR count). The second-order valence-electron chi connectivity index (χ2n) is 2.65.